The largest absolute Gasteiger partial charge is 0.353 e. The topological polar surface area (TPSA) is 37.8 Å². The summed E-state index contributed by atoms with van der Waals surface area (Å²) in [6.45, 7) is 0. The van der Waals surface area contributed by atoms with E-state index < -0.39 is 0 Å². The fourth-order valence-corrected chi connectivity index (χ4v) is 3.45. The third-order valence-electron chi connectivity index (χ3n) is 3.92. The molecule has 3 nitrogen and oxygen atoms in total. The lowest BCUT2D eigenvalue weighted by molar-refractivity contribution is 0.321. The maximum Gasteiger partial charge on any atom is 0.205 e. The first kappa shape index (κ1) is 12.6. The summed E-state index contributed by atoms with van der Waals surface area (Å²) in [7, 11) is 0. The molecule has 0 spiro atoms. The molecule has 1 atom stereocenters. The van der Waals surface area contributed by atoms with Crippen LogP contribution in [0.2, 0.25) is 0 Å². The third-order valence-corrected chi connectivity index (χ3v) is 4.54. The highest BCUT2D eigenvalue weighted by Crippen LogP contribution is 2.36. The lowest BCUT2D eigenvalue weighted by Gasteiger charge is -2.31. The van der Waals surface area contributed by atoms with E-state index in [9.17, 15) is 0 Å². The van der Waals surface area contributed by atoms with Crippen molar-refractivity contribution in [1.29, 1.82) is 0 Å². The number of aromatic nitrogens is 2. The minimum absolute atomic E-state index is 0.370. The minimum atomic E-state index is 0.370. The molecule has 1 heterocycles. The zero-order valence-corrected chi connectivity index (χ0v) is 11.8. The molecule has 100 valence electrons. The summed E-state index contributed by atoms with van der Waals surface area (Å²) in [5.41, 5.74) is 3.15. The van der Waals surface area contributed by atoms with Crippen molar-refractivity contribution in [1.82, 2.24) is 10.2 Å². The Morgan fingerprint density at radius 2 is 1.89 bits per heavy atom. The predicted octanol–water partition coefficient (Wildman–Crippen LogP) is 4.27. The first-order valence-corrected chi connectivity index (χ1v) is 7.89. The van der Waals surface area contributed by atoms with Gasteiger partial charge in [0.15, 0.2) is 0 Å². The van der Waals surface area contributed by atoms with Crippen LogP contribution < -0.4 is 5.32 Å². The molecule has 1 saturated carbocycles. The Labute approximate surface area is 118 Å². The van der Waals surface area contributed by atoms with Gasteiger partial charge in [-0.05, 0) is 24.3 Å². The minimum Gasteiger partial charge on any atom is -0.353 e. The first-order chi connectivity index (χ1) is 9.43. The summed E-state index contributed by atoms with van der Waals surface area (Å²) < 4.78 is 0. The molecule has 0 radical (unpaired) electrons. The molecule has 0 aliphatic heterocycles. The number of hydrogen-bond donors (Lipinski definition) is 1. The Morgan fingerprint density at radius 3 is 2.58 bits per heavy atom. The van der Waals surface area contributed by atoms with Gasteiger partial charge < -0.3 is 5.32 Å². The maximum atomic E-state index is 4.13. The van der Waals surface area contributed by atoms with E-state index in [0.717, 1.165) is 5.13 Å². The van der Waals surface area contributed by atoms with Gasteiger partial charge in [0.25, 0.3) is 0 Å². The lowest BCUT2D eigenvalue weighted by atomic mass is 9.81. The van der Waals surface area contributed by atoms with E-state index in [1.165, 1.54) is 37.7 Å². The molecular formula is C15H19N3S. The Kier molecular flexibility index (Phi) is 4.08. The van der Waals surface area contributed by atoms with Gasteiger partial charge in [0, 0.05) is 0 Å². The molecule has 1 aromatic heterocycles. The van der Waals surface area contributed by atoms with Crippen LogP contribution in [0.3, 0.4) is 0 Å². The SMILES string of the molecule is c1ccc(C(Nc2nncs2)C2CCCCC2)cc1. The smallest absolute Gasteiger partial charge is 0.205 e. The second kappa shape index (κ2) is 6.15. The van der Waals surface area contributed by atoms with E-state index in [-0.39, 0.29) is 0 Å². The predicted molar refractivity (Wildman–Crippen MR) is 79.3 cm³/mol. The summed E-state index contributed by atoms with van der Waals surface area (Å²) in [5, 5.41) is 12.6. The number of nitrogens with one attached hydrogen (secondary N) is 1. The fraction of sp³-hybridized carbons (Fsp3) is 0.467. The van der Waals surface area contributed by atoms with Crippen LogP contribution in [0.1, 0.15) is 43.7 Å². The molecule has 2 aromatic rings. The molecular weight excluding hydrogens is 254 g/mol. The second-order valence-corrected chi connectivity index (χ2v) is 6.01. The summed E-state index contributed by atoms with van der Waals surface area (Å²) in [4.78, 5) is 0. The third kappa shape index (κ3) is 3.13. The molecule has 0 amide bonds. The van der Waals surface area contributed by atoms with Crippen molar-refractivity contribution in [3.8, 4) is 0 Å². The van der Waals surface area contributed by atoms with Crippen molar-refractivity contribution >= 4 is 16.5 Å². The molecule has 3 rings (SSSR count). The summed E-state index contributed by atoms with van der Waals surface area (Å²) >= 11 is 1.58. The van der Waals surface area contributed by atoms with E-state index in [1.807, 2.05) is 0 Å². The van der Waals surface area contributed by atoms with Crippen LogP contribution in [0.5, 0.6) is 0 Å². The van der Waals surface area contributed by atoms with Gasteiger partial charge in [-0.25, -0.2) is 0 Å². The highest BCUT2D eigenvalue weighted by atomic mass is 32.1. The molecule has 0 saturated heterocycles. The number of nitrogens with zero attached hydrogens (tertiary/aromatic N) is 2. The molecule has 1 aliphatic rings. The Balaban J connectivity index is 1.82. The van der Waals surface area contributed by atoms with Crippen LogP contribution in [0.15, 0.2) is 35.8 Å². The first-order valence-electron chi connectivity index (χ1n) is 7.01. The van der Waals surface area contributed by atoms with Crippen molar-refractivity contribution in [3.05, 3.63) is 41.4 Å². The van der Waals surface area contributed by atoms with E-state index in [4.69, 9.17) is 0 Å². The van der Waals surface area contributed by atoms with Crippen molar-refractivity contribution in [2.45, 2.75) is 38.1 Å². The monoisotopic (exact) mass is 273 g/mol. The highest BCUT2D eigenvalue weighted by Gasteiger charge is 2.25. The van der Waals surface area contributed by atoms with Crippen LogP contribution in [-0.4, -0.2) is 10.2 Å². The number of benzene rings is 1. The van der Waals surface area contributed by atoms with Gasteiger partial charge >= 0.3 is 0 Å². The van der Waals surface area contributed by atoms with Gasteiger partial charge in [-0.2, -0.15) is 0 Å². The normalized spacial score (nSPS) is 18.1. The Morgan fingerprint density at radius 1 is 1.11 bits per heavy atom. The maximum absolute atomic E-state index is 4.13. The van der Waals surface area contributed by atoms with Crippen LogP contribution in [0, 0.1) is 5.92 Å². The molecule has 1 N–H and O–H groups in total. The van der Waals surface area contributed by atoms with Crippen LogP contribution >= 0.6 is 11.3 Å². The molecule has 1 aromatic carbocycles. The average Bonchev–Trinajstić information content (AvgIpc) is 3.00. The van der Waals surface area contributed by atoms with E-state index in [2.05, 4.69) is 45.8 Å². The van der Waals surface area contributed by atoms with Gasteiger partial charge in [-0.3, -0.25) is 0 Å². The van der Waals surface area contributed by atoms with Gasteiger partial charge in [-0.1, -0.05) is 60.9 Å². The fourth-order valence-electron chi connectivity index (χ4n) is 2.97. The highest BCUT2D eigenvalue weighted by molar-refractivity contribution is 7.13. The molecule has 19 heavy (non-hydrogen) atoms. The standard InChI is InChI=1S/C15H19N3S/c1-3-7-12(8-4-1)14(13-9-5-2-6-10-13)17-15-18-16-11-19-15/h1,3-4,7-8,11,13-14H,2,5-6,9-10H2,(H,17,18). The Hall–Kier alpha value is -1.42. The summed E-state index contributed by atoms with van der Waals surface area (Å²) in [6.07, 6.45) is 6.71. The van der Waals surface area contributed by atoms with E-state index in [0.29, 0.717) is 12.0 Å². The number of hydrogen-bond acceptors (Lipinski definition) is 4. The van der Waals surface area contributed by atoms with Crippen LogP contribution in [0.25, 0.3) is 0 Å². The van der Waals surface area contributed by atoms with E-state index >= 15 is 0 Å². The number of anilines is 1. The van der Waals surface area contributed by atoms with Crippen molar-refractivity contribution in [3.63, 3.8) is 0 Å². The van der Waals surface area contributed by atoms with Crippen LogP contribution in [0.4, 0.5) is 5.13 Å². The second-order valence-electron chi connectivity index (χ2n) is 5.17. The van der Waals surface area contributed by atoms with Crippen molar-refractivity contribution in [2.75, 3.05) is 5.32 Å². The molecule has 1 fully saturated rings. The zero-order chi connectivity index (χ0) is 12.9. The quantitative estimate of drug-likeness (QED) is 0.904. The average molecular weight is 273 g/mol. The van der Waals surface area contributed by atoms with Gasteiger partial charge in [0.1, 0.15) is 5.51 Å². The molecule has 0 bridgehead atoms. The Bertz CT molecular complexity index is 477. The zero-order valence-electron chi connectivity index (χ0n) is 11.0. The molecule has 1 aliphatic carbocycles. The van der Waals surface area contributed by atoms with Crippen molar-refractivity contribution < 1.29 is 0 Å². The van der Waals surface area contributed by atoms with Crippen LogP contribution in [-0.2, 0) is 0 Å². The van der Waals surface area contributed by atoms with Crippen molar-refractivity contribution in [2.24, 2.45) is 5.92 Å². The van der Waals surface area contributed by atoms with Gasteiger partial charge in [0.05, 0.1) is 6.04 Å². The number of rotatable bonds is 4. The summed E-state index contributed by atoms with van der Waals surface area (Å²) in [5.74, 6) is 0.708. The molecule has 4 heteroatoms. The van der Waals surface area contributed by atoms with E-state index in [1.54, 1.807) is 16.8 Å². The summed E-state index contributed by atoms with van der Waals surface area (Å²) in [6, 6.07) is 11.1. The molecule has 1 unspecified atom stereocenters. The van der Waals surface area contributed by atoms with Gasteiger partial charge in [0.2, 0.25) is 5.13 Å². The lowest BCUT2D eigenvalue weighted by Crippen LogP contribution is -2.23. The van der Waals surface area contributed by atoms with Gasteiger partial charge in [-0.15, -0.1) is 10.2 Å².